The Morgan fingerprint density at radius 3 is 1.21 bits per heavy atom. The number of ether oxygens (including phenoxy) is 4. The zero-order valence-electron chi connectivity index (χ0n) is 25.7. The summed E-state index contributed by atoms with van der Waals surface area (Å²) in [5.41, 5.74) is 0.0764. The maximum Gasteiger partial charge on any atom is 0.410 e. The summed E-state index contributed by atoms with van der Waals surface area (Å²) in [6.07, 6.45) is 0.756. The molecule has 0 aliphatic heterocycles. The van der Waals surface area contributed by atoms with E-state index in [0.29, 0.717) is 0 Å². The van der Waals surface area contributed by atoms with Crippen LogP contribution < -0.4 is 0 Å². The molecular formula is C32H42N2O8. The minimum absolute atomic E-state index is 0.172. The highest BCUT2D eigenvalue weighted by Gasteiger charge is 2.29. The second-order valence-electron chi connectivity index (χ2n) is 11.6. The number of esters is 2. The van der Waals surface area contributed by atoms with Crippen molar-refractivity contribution in [2.45, 2.75) is 64.8 Å². The molecule has 0 aromatic heterocycles. The van der Waals surface area contributed by atoms with E-state index in [0.717, 1.165) is 23.3 Å². The van der Waals surface area contributed by atoms with E-state index < -0.39 is 47.4 Å². The van der Waals surface area contributed by atoms with Gasteiger partial charge in [0.05, 0.1) is 12.1 Å². The Morgan fingerprint density at radius 1 is 0.619 bits per heavy atom. The molecule has 2 rings (SSSR count). The number of carbonyl (C=O) groups is 4. The van der Waals surface area contributed by atoms with Crippen LogP contribution in [-0.2, 0) is 28.5 Å². The first-order chi connectivity index (χ1) is 19.6. The lowest BCUT2D eigenvalue weighted by Gasteiger charge is -2.30. The molecule has 0 aliphatic carbocycles. The van der Waals surface area contributed by atoms with Gasteiger partial charge in [-0.3, -0.25) is 0 Å². The predicted octanol–water partition coefficient (Wildman–Crippen LogP) is 5.85. The summed E-state index contributed by atoms with van der Waals surface area (Å²) >= 11 is 0. The molecule has 2 aromatic carbocycles. The van der Waals surface area contributed by atoms with E-state index in [1.165, 1.54) is 9.80 Å². The van der Waals surface area contributed by atoms with Crippen LogP contribution in [0.4, 0.5) is 9.59 Å². The van der Waals surface area contributed by atoms with Crippen LogP contribution in [0, 0.1) is 0 Å². The van der Waals surface area contributed by atoms with Gasteiger partial charge in [0.25, 0.3) is 0 Å². The van der Waals surface area contributed by atoms with Crippen LogP contribution in [-0.4, -0.2) is 72.4 Å². The van der Waals surface area contributed by atoms with Gasteiger partial charge in [-0.2, -0.15) is 0 Å². The average molecular weight is 583 g/mol. The Bertz CT molecular complexity index is 1120. The lowest BCUT2D eigenvalue weighted by atomic mass is 10.1. The molecule has 0 fully saturated rings. The lowest BCUT2D eigenvalue weighted by Crippen LogP contribution is -2.38. The Balaban J connectivity index is 2.03. The highest BCUT2D eigenvalue weighted by Crippen LogP contribution is 2.24. The first kappa shape index (κ1) is 33.9. The summed E-state index contributed by atoms with van der Waals surface area (Å²) in [5, 5.41) is 0. The van der Waals surface area contributed by atoms with E-state index in [4.69, 9.17) is 18.9 Å². The molecule has 0 aliphatic rings. The first-order valence-electron chi connectivity index (χ1n) is 13.6. The highest BCUT2D eigenvalue weighted by atomic mass is 16.6. The molecule has 10 nitrogen and oxygen atoms in total. The Kier molecular flexibility index (Phi) is 12.1. The second-order valence-corrected chi connectivity index (χ2v) is 11.6. The third-order valence-corrected chi connectivity index (χ3v) is 5.79. The lowest BCUT2D eigenvalue weighted by molar-refractivity contribution is -0.142. The summed E-state index contributed by atoms with van der Waals surface area (Å²) in [6.45, 7) is 10.2. The van der Waals surface area contributed by atoms with Crippen LogP contribution >= 0.6 is 0 Å². The molecule has 0 unspecified atom stereocenters. The van der Waals surface area contributed by atoms with Crippen molar-refractivity contribution in [2.75, 3.05) is 27.3 Å². The zero-order chi connectivity index (χ0) is 31.5. The molecule has 228 valence electrons. The standard InChI is InChI=1S/C32H42N2O8/c1-31(2,3)41-29(37)33(7)25(23-15-11-9-12-16-23)21-39-27(35)19-20-28(36)40-22-26(24-17-13-10-14-18-24)34(8)30(38)42-32(4,5)6/h9-20,25-26H,21-22H2,1-8H3/b20-19+/t25-,26-/m0/s1. The van der Waals surface area contributed by atoms with Crippen LogP contribution in [0.5, 0.6) is 0 Å². The average Bonchev–Trinajstić information content (AvgIpc) is 2.91. The van der Waals surface area contributed by atoms with Crippen molar-refractivity contribution in [1.29, 1.82) is 0 Å². The van der Waals surface area contributed by atoms with E-state index in [-0.39, 0.29) is 13.2 Å². The van der Waals surface area contributed by atoms with Gasteiger partial charge in [-0.1, -0.05) is 60.7 Å². The van der Waals surface area contributed by atoms with Gasteiger partial charge in [-0.15, -0.1) is 0 Å². The molecule has 0 heterocycles. The van der Waals surface area contributed by atoms with Gasteiger partial charge >= 0.3 is 24.1 Å². The number of hydrogen-bond acceptors (Lipinski definition) is 8. The third kappa shape index (κ3) is 11.6. The predicted molar refractivity (Wildman–Crippen MR) is 157 cm³/mol. The normalized spacial score (nSPS) is 13.0. The smallest absolute Gasteiger partial charge is 0.410 e. The minimum atomic E-state index is -0.795. The van der Waals surface area contributed by atoms with Crippen molar-refractivity contribution in [3.8, 4) is 0 Å². The van der Waals surface area contributed by atoms with E-state index >= 15 is 0 Å². The molecule has 2 aromatic rings. The molecule has 0 N–H and O–H groups in total. The van der Waals surface area contributed by atoms with Gasteiger partial charge in [0.1, 0.15) is 24.4 Å². The fourth-order valence-corrected chi connectivity index (χ4v) is 3.69. The van der Waals surface area contributed by atoms with Crippen molar-refractivity contribution in [2.24, 2.45) is 0 Å². The molecular weight excluding hydrogens is 540 g/mol. The largest absolute Gasteiger partial charge is 0.460 e. The van der Waals surface area contributed by atoms with Crippen molar-refractivity contribution < 1.29 is 38.1 Å². The molecule has 0 saturated carbocycles. The van der Waals surface area contributed by atoms with Crippen molar-refractivity contribution in [1.82, 2.24) is 9.80 Å². The Labute approximate surface area is 248 Å². The fraction of sp³-hybridized carbons (Fsp3) is 0.438. The van der Waals surface area contributed by atoms with Crippen LogP contribution in [0.1, 0.15) is 64.8 Å². The quantitative estimate of drug-likeness (QED) is 0.195. The van der Waals surface area contributed by atoms with E-state index in [2.05, 4.69) is 0 Å². The summed E-state index contributed by atoms with van der Waals surface area (Å²) in [4.78, 5) is 53.0. The van der Waals surface area contributed by atoms with Gasteiger partial charge in [0.2, 0.25) is 0 Å². The minimum Gasteiger partial charge on any atom is -0.460 e. The molecule has 10 heteroatoms. The fourth-order valence-electron chi connectivity index (χ4n) is 3.69. The third-order valence-electron chi connectivity index (χ3n) is 5.79. The monoisotopic (exact) mass is 582 g/mol. The Hall–Kier alpha value is -4.34. The summed E-state index contributed by atoms with van der Waals surface area (Å²) in [5.74, 6) is -1.59. The molecule has 42 heavy (non-hydrogen) atoms. The topological polar surface area (TPSA) is 112 Å². The van der Waals surface area contributed by atoms with E-state index in [9.17, 15) is 19.2 Å². The number of benzene rings is 2. The summed E-state index contributed by atoms with van der Waals surface area (Å²) < 4.78 is 21.7. The molecule has 0 radical (unpaired) electrons. The number of amides is 2. The second kappa shape index (κ2) is 15.0. The van der Waals surface area contributed by atoms with Crippen LogP contribution in [0.2, 0.25) is 0 Å². The maximum atomic E-state index is 12.7. The maximum absolute atomic E-state index is 12.7. The van der Waals surface area contributed by atoms with E-state index in [1.54, 1.807) is 55.6 Å². The molecule has 2 atom stereocenters. The SMILES string of the molecule is CN(C(=O)OC(C)(C)C)[C@@H](COC(=O)/C=C/C(=O)OC[C@@H](c1ccccc1)N(C)C(=O)OC(C)(C)C)c1ccccc1. The molecule has 0 bridgehead atoms. The molecule has 0 spiro atoms. The van der Waals surface area contributed by atoms with Crippen LogP contribution in [0.3, 0.4) is 0 Å². The van der Waals surface area contributed by atoms with Crippen LogP contribution in [0.15, 0.2) is 72.8 Å². The molecule has 2 amide bonds. The van der Waals surface area contributed by atoms with Gasteiger partial charge in [-0.25, -0.2) is 19.2 Å². The van der Waals surface area contributed by atoms with Gasteiger partial charge in [-0.05, 0) is 52.7 Å². The molecule has 0 saturated heterocycles. The van der Waals surface area contributed by atoms with Crippen LogP contribution in [0.25, 0.3) is 0 Å². The zero-order valence-corrected chi connectivity index (χ0v) is 25.7. The van der Waals surface area contributed by atoms with Crippen molar-refractivity contribution in [3.63, 3.8) is 0 Å². The van der Waals surface area contributed by atoms with Gasteiger partial charge in [0.15, 0.2) is 0 Å². The number of carbonyl (C=O) groups excluding carboxylic acids is 4. The number of hydrogen-bond donors (Lipinski definition) is 0. The number of nitrogens with zero attached hydrogens (tertiary/aromatic N) is 2. The number of rotatable bonds is 10. The number of likely N-dealkylation sites (N-methyl/N-ethyl adjacent to an activating group) is 2. The van der Waals surface area contributed by atoms with Gasteiger partial charge < -0.3 is 28.7 Å². The van der Waals surface area contributed by atoms with E-state index in [1.807, 2.05) is 60.7 Å². The van der Waals surface area contributed by atoms with Crippen molar-refractivity contribution in [3.05, 3.63) is 83.9 Å². The van der Waals surface area contributed by atoms with Crippen molar-refractivity contribution >= 4 is 24.1 Å². The first-order valence-corrected chi connectivity index (χ1v) is 13.6. The van der Waals surface area contributed by atoms with Gasteiger partial charge in [0, 0.05) is 26.2 Å². The highest BCUT2D eigenvalue weighted by molar-refractivity contribution is 5.91. The summed E-state index contributed by atoms with van der Waals surface area (Å²) in [6, 6.07) is 16.9. The summed E-state index contributed by atoms with van der Waals surface area (Å²) in [7, 11) is 3.12. The Morgan fingerprint density at radius 2 is 0.929 bits per heavy atom.